The van der Waals surface area contributed by atoms with Crippen molar-refractivity contribution in [1.82, 2.24) is 5.32 Å². The number of halogens is 1. The van der Waals surface area contributed by atoms with Crippen molar-refractivity contribution < 1.29 is 14.0 Å². The summed E-state index contributed by atoms with van der Waals surface area (Å²) < 4.78 is 5.21. The highest BCUT2D eigenvalue weighted by molar-refractivity contribution is 7.99. The van der Waals surface area contributed by atoms with Crippen LogP contribution in [-0.2, 0) is 17.1 Å². The van der Waals surface area contributed by atoms with Gasteiger partial charge in [0.25, 0.3) is 5.91 Å². The standard InChI is InChI=1S/C21H19ClN2O3S/c22-16-9-7-15(8-10-16)13-28-14-20(25)24-19-6-2-1-5-18(19)21(26)23-12-17-4-3-11-27-17/h1-11H,12-14H2,(H,23,26)(H,24,25). The zero-order chi connectivity index (χ0) is 19.8. The second kappa shape index (κ2) is 10.0. The molecule has 144 valence electrons. The Kier molecular flexibility index (Phi) is 7.17. The smallest absolute Gasteiger partial charge is 0.253 e. The summed E-state index contributed by atoms with van der Waals surface area (Å²) in [4.78, 5) is 24.7. The van der Waals surface area contributed by atoms with Crippen LogP contribution in [0.15, 0.2) is 71.3 Å². The molecule has 0 radical (unpaired) electrons. The number of nitrogens with one attached hydrogen (secondary N) is 2. The molecule has 5 nitrogen and oxygen atoms in total. The fourth-order valence-corrected chi connectivity index (χ4v) is 3.41. The Labute approximate surface area is 172 Å². The van der Waals surface area contributed by atoms with Crippen molar-refractivity contribution in [3.05, 3.63) is 88.8 Å². The average Bonchev–Trinajstić information content (AvgIpc) is 3.22. The van der Waals surface area contributed by atoms with E-state index in [1.165, 1.54) is 11.8 Å². The van der Waals surface area contributed by atoms with Gasteiger partial charge in [-0.3, -0.25) is 9.59 Å². The summed E-state index contributed by atoms with van der Waals surface area (Å²) in [6.07, 6.45) is 1.55. The van der Waals surface area contributed by atoms with Crippen LogP contribution in [-0.4, -0.2) is 17.6 Å². The summed E-state index contributed by atoms with van der Waals surface area (Å²) in [6, 6.07) is 18.0. The molecule has 0 aliphatic rings. The number of hydrogen-bond donors (Lipinski definition) is 2. The minimum Gasteiger partial charge on any atom is -0.467 e. The Balaban J connectivity index is 1.52. The predicted molar refractivity (Wildman–Crippen MR) is 113 cm³/mol. The largest absolute Gasteiger partial charge is 0.467 e. The van der Waals surface area contributed by atoms with Gasteiger partial charge in [0.15, 0.2) is 0 Å². The fourth-order valence-electron chi connectivity index (χ4n) is 2.49. The molecule has 3 aromatic rings. The Hall–Kier alpha value is -2.70. The van der Waals surface area contributed by atoms with Gasteiger partial charge in [0.1, 0.15) is 5.76 Å². The summed E-state index contributed by atoms with van der Waals surface area (Å²) in [5, 5.41) is 6.29. The average molecular weight is 415 g/mol. The fraction of sp³-hybridized carbons (Fsp3) is 0.143. The van der Waals surface area contributed by atoms with Gasteiger partial charge in [-0.25, -0.2) is 0 Å². The highest BCUT2D eigenvalue weighted by atomic mass is 35.5. The van der Waals surface area contributed by atoms with E-state index in [0.29, 0.717) is 27.8 Å². The normalized spacial score (nSPS) is 10.5. The highest BCUT2D eigenvalue weighted by Gasteiger charge is 2.13. The number of thioether (sulfide) groups is 1. The van der Waals surface area contributed by atoms with E-state index in [4.69, 9.17) is 16.0 Å². The van der Waals surface area contributed by atoms with Gasteiger partial charge in [0.05, 0.1) is 29.8 Å². The van der Waals surface area contributed by atoms with Crippen molar-refractivity contribution in [2.75, 3.05) is 11.1 Å². The van der Waals surface area contributed by atoms with Crippen molar-refractivity contribution >= 4 is 40.9 Å². The quantitative estimate of drug-likeness (QED) is 0.558. The summed E-state index contributed by atoms with van der Waals surface area (Å²) in [6.45, 7) is 0.283. The van der Waals surface area contributed by atoms with Crippen LogP contribution in [0.3, 0.4) is 0 Å². The van der Waals surface area contributed by atoms with Gasteiger partial charge in [-0.2, -0.15) is 0 Å². The molecule has 0 fully saturated rings. The Bertz CT molecular complexity index is 927. The first-order valence-corrected chi connectivity index (χ1v) is 10.2. The minimum atomic E-state index is -0.277. The summed E-state index contributed by atoms with van der Waals surface area (Å²) in [5.74, 6) is 1.21. The first-order chi connectivity index (χ1) is 13.6. The lowest BCUT2D eigenvalue weighted by Gasteiger charge is -2.11. The molecule has 0 aliphatic heterocycles. The van der Waals surface area contributed by atoms with Gasteiger partial charge in [-0.15, -0.1) is 11.8 Å². The molecule has 1 heterocycles. The van der Waals surface area contributed by atoms with Gasteiger partial charge < -0.3 is 15.1 Å². The molecule has 0 unspecified atom stereocenters. The van der Waals surface area contributed by atoms with E-state index in [0.717, 1.165) is 5.56 Å². The topological polar surface area (TPSA) is 71.3 Å². The number of rotatable bonds is 8. The van der Waals surface area contributed by atoms with Crippen LogP contribution in [0.5, 0.6) is 0 Å². The molecule has 0 saturated heterocycles. The lowest BCUT2D eigenvalue weighted by molar-refractivity contribution is -0.113. The van der Waals surface area contributed by atoms with Crippen molar-refractivity contribution in [3.8, 4) is 0 Å². The molecule has 1 aromatic heterocycles. The van der Waals surface area contributed by atoms with Crippen molar-refractivity contribution in [2.45, 2.75) is 12.3 Å². The van der Waals surface area contributed by atoms with E-state index < -0.39 is 0 Å². The summed E-state index contributed by atoms with van der Waals surface area (Å²) in [5.41, 5.74) is 1.99. The maximum absolute atomic E-state index is 12.4. The van der Waals surface area contributed by atoms with Crippen molar-refractivity contribution in [1.29, 1.82) is 0 Å². The summed E-state index contributed by atoms with van der Waals surface area (Å²) in [7, 11) is 0. The van der Waals surface area contributed by atoms with Gasteiger partial charge in [-0.05, 0) is 42.0 Å². The molecule has 2 amide bonds. The number of anilines is 1. The number of benzene rings is 2. The molecule has 28 heavy (non-hydrogen) atoms. The zero-order valence-electron chi connectivity index (χ0n) is 15.0. The number of amides is 2. The molecular formula is C21H19ClN2O3S. The van der Waals surface area contributed by atoms with Gasteiger partial charge in [0.2, 0.25) is 5.91 Å². The molecule has 0 spiro atoms. The minimum absolute atomic E-state index is 0.162. The van der Waals surface area contributed by atoms with E-state index >= 15 is 0 Å². The lowest BCUT2D eigenvalue weighted by Crippen LogP contribution is -2.25. The molecule has 0 atom stereocenters. The van der Waals surface area contributed by atoms with E-state index in [1.807, 2.05) is 24.3 Å². The molecular weight excluding hydrogens is 396 g/mol. The van der Waals surface area contributed by atoms with Crippen LogP contribution in [0, 0.1) is 0 Å². The second-order valence-electron chi connectivity index (χ2n) is 5.98. The first kappa shape index (κ1) is 20.0. The van der Waals surface area contributed by atoms with E-state index in [-0.39, 0.29) is 24.1 Å². The number of carbonyl (C=O) groups excluding carboxylic acids is 2. The van der Waals surface area contributed by atoms with Crippen LogP contribution in [0.1, 0.15) is 21.7 Å². The molecule has 2 N–H and O–H groups in total. The number of para-hydroxylation sites is 1. The maximum atomic E-state index is 12.4. The number of hydrogen-bond acceptors (Lipinski definition) is 4. The Morgan fingerprint density at radius 2 is 1.79 bits per heavy atom. The van der Waals surface area contributed by atoms with Crippen LogP contribution in [0.4, 0.5) is 5.69 Å². The third-order valence-corrected chi connectivity index (χ3v) is 5.12. The van der Waals surface area contributed by atoms with E-state index in [9.17, 15) is 9.59 Å². The lowest BCUT2D eigenvalue weighted by atomic mass is 10.1. The third kappa shape index (κ3) is 5.90. The van der Waals surface area contributed by atoms with Crippen LogP contribution in [0.25, 0.3) is 0 Å². The molecule has 3 rings (SSSR count). The summed E-state index contributed by atoms with van der Waals surface area (Å²) >= 11 is 7.36. The number of carbonyl (C=O) groups is 2. The maximum Gasteiger partial charge on any atom is 0.253 e. The van der Waals surface area contributed by atoms with E-state index in [2.05, 4.69) is 10.6 Å². The third-order valence-electron chi connectivity index (χ3n) is 3.86. The molecule has 0 saturated carbocycles. The molecule has 7 heteroatoms. The second-order valence-corrected chi connectivity index (χ2v) is 7.40. The van der Waals surface area contributed by atoms with Crippen LogP contribution in [0.2, 0.25) is 5.02 Å². The van der Waals surface area contributed by atoms with E-state index in [1.54, 1.807) is 42.7 Å². The van der Waals surface area contributed by atoms with Crippen LogP contribution < -0.4 is 10.6 Å². The SMILES string of the molecule is O=C(CSCc1ccc(Cl)cc1)Nc1ccccc1C(=O)NCc1ccco1. The molecule has 0 bridgehead atoms. The van der Waals surface area contributed by atoms with Gasteiger partial charge in [0, 0.05) is 10.8 Å². The Morgan fingerprint density at radius 3 is 2.54 bits per heavy atom. The Morgan fingerprint density at radius 1 is 1.00 bits per heavy atom. The highest BCUT2D eigenvalue weighted by Crippen LogP contribution is 2.18. The van der Waals surface area contributed by atoms with Gasteiger partial charge >= 0.3 is 0 Å². The van der Waals surface area contributed by atoms with Crippen molar-refractivity contribution in [3.63, 3.8) is 0 Å². The molecule has 0 aliphatic carbocycles. The van der Waals surface area contributed by atoms with Crippen LogP contribution >= 0.6 is 23.4 Å². The van der Waals surface area contributed by atoms with Crippen molar-refractivity contribution in [2.24, 2.45) is 0 Å². The number of furan rings is 1. The van der Waals surface area contributed by atoms with Gasteiger partial charge in [-0.1, -0.05) is 35.9 Å². The first-order valence-electron chi connectivity index (χ1n) is 8.63. The predicted octanol–water partition coefficient (Wildman–Crippen LogP) is 4.73. The molecule has 2 aromatic carbocycles. The zero-order valence-corrected chi connectivity index (χ0v) is 16.6. The monoisotopic (exact) mass is 414 g/mol.